The van der Waals surface area contributed by atoms with Crippen molar-refractivity contribution in [3.63, 3.8) is 0 Å². The summed E-state index contributed by atoms with van der Waals surface area (Å²) in [4.78, 5) is 46.0. The van der Waals surface area contributed by atoms with Crippen LogP contribution in [0.4, 0.5) is 5.69 Å². The molecule has 3 aliphatic rings. The standard InChI is InChI=1S/C37H32N2O4/c1-22(2)43-27-18-16-26(17-19-27)34(41)32-31(33(40)25-14-12-23(3)13-15-25)37(29-10-6-7-11-30(29)38-36(37)42)35-28-9-5-4-8-24(28)20-21-39(32)35/h4-22,31-32,35H,1-3H3,(H,38,42). The summed E-state index contributed by atoms with van der Waals surface area (Å²) in [5.74, 6) is -1.06. The second-order valence-electron chi connectivity index (χ2n) is 11.9. The summed E-state index contributed by atoms with van der Waals surface area (Å²) in [6, 6.07) is 28.4. The van der Waals surface area contributed by atoms with E-state index in [2.05, 4.69) is 5.32 Å². The Labute approximate surface area is 251 Å². The molecule has 6 nitrogen and oxygen atoms in total. The van der Waals surface area contributed by atoms with Gasteiger partial charge in [-0.1, -0.05) is 72.3 Å². The third kappa shape index (κ3) is 4.04. The Bertz CT molecular complexity index is 1790. The van der Waals surface area contributed by atoms with Crippen molar-refractivity contribution in [3.05, 3.63) is 137 Å². The molecule has 0 aromatic heterocycles. The van der Waals surface area contributed by atoms with Gasteiger partial charge in [0.05, 0.1) is 18.1 Å². The van der Waals surface area contributed by atoms with E-state index in [9.17, 15) is 14.4 Å². The minimum Gasteiger partial charge on any atom is -0.491 e. The lowest BCUT2D eigenvalue weighted by molar-refractivity contribution is -0.122. The van der Waals surface area contributed by atoms with Crippen LogP contribution in [0.25, 0.3) is 6.08 Å². The van der Waals surface area contributed by atoms with Crippen LogP contribution in [0.2, 0.25) is 0 Å². The van der Waals surface area contributed by atoms with Crippen molar-refractivity contribution in [2.75, 3.05) is 5.32 Å². The number of ether oxygens (including phenoxy) is 1. The zero-order chi connectivity index (χ0) is 29.9. The lowest BCUT2D eigenvalue weighted by atomic mass is 9.62. The molecule has 6 heteroatoms. The van der Waals surface area contributed by atoms with E-state index in [-0.39, 0.29) is 23.6 Å². The van der Waals surface area contributed by atoms with E-state index in [1.807, 2.05) is 98.6 Å². The fourth-order valence-electron chi connectivity index (χ4n) is 7.21. The molecule has 3 aliphatic heterocycles. The molecule has 3 heterocycles. The van der Waals surface area contributed by atoms with Crippen LogP contribution in [0, 0.1) is 12.8 Å². The summed E-state index contributed by atoms with van der Waals surface area (Å²) in [6.07, 6.45) is 3.86. The van der Waals surface area contributed by atoms with E-state index < -0.39 is 23.4 Å². The van der Waals surface area contributed by atoms with E-state index in [4.69, 9.17) is 4.74 Å². The molecule has 4 atom stereocenters. The molecular formula is C37H32N2O4. The zero-order valence-corrected chi connectivity index (χ0v) is 24.3. The van der Waals surface area contributed by atoms with E-state index in [0.29, 0.717) is 22.6 Å². The number of ketones is 2. The smallest absolute Gasteiger partial charge is 0.238 e. The van der Waals surface area contributed by atoms with Gasteiger partial charge in [-0.2, -0.15) is 0 Å². The van der Waals surface area contributed by atoms with E-state index in [1.165, 1.54) is 0 Å². The Morgan fingerprint density at radius 3 is 2.23 bits per heavy atom. The molecule has 4 unspecified atom stereocenters. The minimum atomic E-state index is -1.35. The first-order chi connectivity index (χ1) is 20.8. The Hall–Kier alpha value is -4.97. The number of hydrogen-bond donors (Lipinski definition) is 1. The Morgan fingerprint density at radius 2 is 1.49 bits per heavy atom. The lowest BCUT2D eigenvalue weighted by Gasteiger charge is -2.38. The molecule has 1 amide bonds. The van der Waals surface area contributed by atoms with Gasteiger partial charge in [0.1, 0.15) is 17.2 Å². The maximum Gasteiger partial charge on any atom is 0.238 e. The fourth-order valence-corrected chi connectivity index (χ4v) is 7.21. The van der Waals surface area contributed by atoms with Crippen LogP contribution in [-0.2, 0) is 10.2 Å². The second-order valence-corrected chi connectivity index (χ2v) is 11.9. The van der Waals surface area contributed by atoms with E-state index >= 15 is 0 Å². The average molecular weight is 569 g/mol. The molecule has 1 fully saturated rings. The number of nitrogens with one attached hydrogen (secondary N) is 1. The molecule has 0 aliphatic carbocycles. The van der Waals surface area contributed by atoms with Gasteiger partial charge < -0.3 is 15.0 Å². The SMILES string of the molecule is Cc1ccc(C(=O)C2C(C(=O)c3ccc(OC(C)C)cc3)N3C=Cc4ccccc4C3C23C(=O)Nc2ccccc23)cc1. The minimum absolute atomic E-state index is 0.00647. The molecule has 4 aromatic rings. The van der Waals surface area contributed by atoms with Gasteiger partial charge in [0.25, 0.3) is 0 Å². The summed E-state index contributed by atoms with van der Waals surface area (Å²) < 4.78 is 5.82. The summed E-state index contributed by atoms with van der Waals surface area (Å²) >= 11 is 0. The molecule has 1 saturated heterocycles. The van der Waals surface area contributed by atoms with Gasteiger partial charge in [0, 0.05) is 23.0 Å². The summed E-state index contributed by atoms with van der Waals surface area (Å²) in [5, 5.41) is 3.09. The van der Waals surface area contributed by atoms with Crippen molar-refractivity contribution < 1.29 is 19.1 Å². The Kier molecular flexibility index (Phi) is 6.31. The molecule has 7 rings (SSSR count). The van der Waals surface area contributed by atoms with Crippen LogP contribution >= 0.6 is 0 Å². The van der Waals surface area contributed by atoms with Crippen LogP contribution in [-0.4, -0.2) is 34.5 Å². The Balaban J connectivity index is 1.47. The molecule has 1 N–H and O–H groups in total. The third-order valence-corrected chi connectivity index (χ3v) is 8.97. The topological polar surface area (TPSA) is 75.7 Å². The van der Waals surface area contributed by atoms with Gasteiger partial charge in [-0.3, -0.25) is 14.4 Å². The number of amides is 1. The quantitative estimate of drug-likeness (QED) is 0.260. The number of carbonyl (C=O) groups excluding carboxylic acids is 3. The predicted octanol–water partition coefficient (Wildman–Crippen LogP) is 6.76. The number of anilines is 1. The number of nitrogens with zero attached hydrogens (tertiary/aromatic N) is 1. The highest BCUT2D eigenvalue weighted by molar-refractivity contribution is 6.16. The Morgan fingerprint density at radius 1 is 0.837 bits per heavy atom. The van der Waals surface area contributed by atoms with E-state index in [0.717, 1.165) is 22.3 Å². The van der Waals surface area contributed by atoms with Crippen molar-refractivity contribution in [2.45, 2.75) is 44.4 Å². The molecule has 0 saturated carbocycles. The second kappa shape index (κ2) is 10.1. The third-order valence-electron chi connectivity index (χ3n) is 8.97. The monoisotopic (exact) mass is 568 g/mol. The number of hydrogen-bond acceptors (Lipinski definition) is 5. The maximum atomic E-state index is 14.8. The zero-order valence-electron chi connectivity index (χ0n) is 24.3. The fraction of sp³-hybridized carbons (Fsp3) is 0.216. The first kappa shape index (κ1) is 26.9. The van der Waals surface area contributed by atoms with Crippen LogP contribution in [0.3, 0.4) is 0 Å². The number of carbonyl (C=O) groups is 3. The molecule has 4 aromatic carbocycles. The highest BCUT2D eigenvalue weighted by Gasteiger charge is 2.70. The summed E-state index contributed by atoms with van der Waals surface area (Å²) in [7, 11) is 0. The van der Waals surface area contributed by atoms with Gasteiger partial charge >= 0.3 is 0 Å². The van der Waals surface area contributed by atoms with Crippen molar-refractivity contribution in [1.82, 2.24) is 4.90 Å². The molecule has 43 heavy (non-hydrogen) atoms. The van der Waals surface area contributed by atoms with Crippen LogP contribution in [0.1, 0.15) is 62.9 Å². The van der Waals surface area contributed by atoms with Crippen molar-refractivity contribution in [2.24, 2.45) is 5.92 Å². The normalized spacial score (nSPS) is 23.1. The highest BCUT2D eigenvalue weighted by Crippen LogP contribution is 2.62. The summed E-state index contributed by atoms with van der Waals surface area (Å²) in [5.41, 5.74) is 3.89. The lowest BCUT2D eigenvalue weighted by Crippen LogP contribution is -2.49. The highest BCUT2D eigenvalue weighted by atomic mass is 16.5. The first-order valence-corrected chi connectivity index (χ1v) is 14.7. The first-order valence-electron chi connectivity index (χ1n) is 14.7. The number of aryl methyl sites for hydroxylation is 1. The van der Waals surface area contributed by atoms with Gasteiger partial charge in [-0.25, -0.2) is 0 Å². The van der Waals surface area contributed by atoms with Crippen molar-refractivity contribution in [1.29, 1.82) is 0 Å². The van der Waals surface area contributed by atoms with Crippen LogP contribution in [0.15, 0.2) is 103 Å². The average Bonchev–Trinajstić information content (AvgIpc) is 3.49. The van der Waals surface area contributed by atoms with Gasteiger partial charge in [-0.05, 0) is 73.9 Å². The van der Waals surface area contributed by atoms with E-state index in [1.54, 1.807) is 36.4 Å². The number of rotatable bonds is 6. The van der Waals surface area contributed by atoms with Crippen molar-refractivity contribution >= 4 is 29.2 Å². The summed E-state index contributed by atoms with van der Waals surface area (Å²) in [6.45, 7) is 5.86. The molecular weight excluding hydrogens is 536 g/mol. The van der Waals surface area contributed by atoms with Gasteiger partial charge in [-0.15, -0.1) is 0 Å². The predicted molar refractivity (Wildman–Crippen MR) is 166 cm³/mol. The number of para-hydroxylation sites is 1. The maximum absolute atomic E-state index is 14.8. The van der Waals surface area contributed by atoms with Crippen LogP contribution in [0.5, 0.6) is 5.75 Å². The molecule has 1 spiro atoms. The number of Topliss-reactive ketones (excluding diaryl/α,β-unsaturated/α-hetero) is 2. The number of fused-ring (bicyclic) bond motifs is 6. The number of benzene rings is 4. The van der Waals surface area contributed by atoms with Gasteiger partial charge in [0.15, 0.2) is 11.6 Å². The molecule has 214 valence electrons. The molecule has 0 radical (unpaired) electrons. The van der Waals surface area contributed by atoms with Crippen LogP contribution < -0.4 is 10.1 Å². The molecule has 0 bridgehead atoms. The van der Waals surface area contributed by atoms with Gasteiger partial charge in [0.2, 0.25) is 5.91 Å². The van der Waals surface area contributed by atoms with Crippen molar-refractivity contribution in [3.8, 4) is 5.75 Å². The largest absolute Gasteiger partial charge is 0.491 e.